The third kappa shape index (κ3) is 3.30. The number of alkyl halides is 3. The van der Waals surface area contributed by atoms with E-state index in [9.17, 15) is 13.2 Å². The summed E-state index contributed by atoms with van der Waals surface area (Å²) in [6, 6.07) is 9.33. The maximum atomic E-state index is 12.9. The number of halogens is 3. The van der Waals surface area contributed by atoms with Crippen LogP contribution >= 0.6 is 0 Å². The number of fused-ring (bicyclic) bond motifs is 1. The summed E-state index contributed by atoms with van der Waals surface area (Å²) in [6.45, 7) is 0. The van der Waals surface area contributed by atoms with Gasteiger partial charge in [-0.3, -0.25) is 0 Å². The highest BCUT2D eigenvalue weighted by Gasteiger charge is 2.30. The Morgan fingerprint density at radius 3 is 2.42 bits per heavy atom. The number of aromatic nitrogens is 1. The molecule has 2 N–H and O–H groups in total. The predicted molar refractivity (Wildman–Crippen MR) is 90.8 cm³/mol. The van der Waals surface area contributed by atoms with Gasteiger partial charge in [0.2, 0.25) is 5.88 Å². The standard InChI is InChI=1S/C18H15F3N2O3/c1-24-14-9-13(22)16-12(6-7-15(23-16)25-2)17(14)26-11-5-3-4-10(8-11)18(19,20)21/h3-9H,22H2,1-2H3. The maximum Gasteiger partial charge on any atom is 0.416 e. The van der Waals surface area contributed by atoms with Gasteiger partial charge in [0.25, 0.3) is 0 Å². The zero-order valence-electron chi connectivity index (χ0n) is 13.9. The number of hydrogen-bond donors (Lipinski definition) is 1. The van der Waals surface area contributed by atoms with Gasteiger partial charge in [0.15, 0.2) is 11.5 Å². The van der Waals surface area contributed by atoms with Crippen molar-refractivity contribution in [2.24, 2.45) is 0 Å². The molecule has 0 aliphatic rings. The zero-order chi connectivity index (χ0) is 18.9. The van der Waals surface area contributed by atoms with Crippen molar-refractivity contribution >= 4 is 16.6 Å². The average Bonchev–Trinajstić information content (AvgIpc) is 2.63. The van der Waals surface area contributed by atoms with Crippen LogP contribution in [0.5, 0.6) is 23.1 Å². The van der Waals surface area contributed by atoms with Crippen LogP contribution in [0, 0.1) is 0 Å². The first-order chi connectivity index (χ1) is 12.3. The molecule has 5 nitrogen and oxygen atoms in total. The van der Waals surface area contributed by atoms with E-state index >= 15 is 0 Å². The molecule has 0 spiro atoms. The van der Waals surface area contributed by atoms with Crippen LogP contribution in [0.2, 0.25) is 0 Å². The molecule has 0 aliphatic heterocycles. The topological polar surface area (TPSA) is 66.6 Å². The third-order valence-electron chi connectivity index (χ3n) is 3.71. The van der Waals surface area contributed by atoms with E-state index in [1.54, 1.807) is 12.1 Å². The fourth-order valence-corrected chi connectivity index (χ4v) is 2.48. The van der Waals surface area contributed by atoms with Crippen molar-refractivity contribution in [2.45, 2.75) is 6.18 Å². The summed E-state index contributed by atoms with van der Waals surface area (Å²) >= 11 is 0. The van der Waals surface area contributed by atoms with Gasteiger partial charge in [-0.05, 0) is 24.3 Å². The number of nitrogens with two attached hydrogens (primary N) is 1. The number of pyridine rings is 1. The van der Waals surface area contributed by atoms with E-state index < -0.39 is 11.7 Å². The van der Waals surface area contributed by atoms with Gasteiger partial charge < -0.3 is 19.9 Å². The summed E-state index contributed by atoms with van der Waals surface area (Å²) in [5.74, 6) is 0.852. The molecule has 3 aromatic rings. The average molecular weight is 364 g/mol. The first-order valence-electron chi connectivity index (χ1n) is 7.50. The van der Waals surface area contributed by atoms with Crippen LogP contribution in [0.3, 0.4) is 0 Å². The highest BCUT2D eigenvalue weighted by Crippen LogP contribution is 2.42. The predicted octanol–water partition coefficient (Wildman–Crippen LogP) is 4.65. The van der Waals surface area contributed by atoms with Gasteiger partial charge in [0.1, 0.15) is 11.3 Å². The smallest absolute Gasteiger partial charge is 0.416 e. The van der Waals surface area contributed by atoms with Crippen LogP contribution in [0.25, 0.3) is 10.9 Å². The molecule has 1 aromatic heterocycles. The monoisotopic (exact) mass is 364 g/mol. The fraction of sp³-hybridized carbons (Fsp3) is 0.167. The Kier molecular flexibility index (Phi) is 4.50. The quantitative estimate of drug-likeness (QED) is 0.683. The summed E-state index contributed by atoms with van der Waals surface area (Å²) in [5, 5.41) is 0.486. The summed E-state index contributed by atoms with van der Waals surface area (Å²) < 4.78 is 54.8. The third-order valence-corrected chi connectivity index (χ3v) is 3.71. The minimum atomic E-state index is -4.47. The molecule has 0 unspecified atom stereocenters. The lowest BCUT2D eigenvalue weighted by molar-refractivity contribution is -0.137. The van der Waals surface area contributed by atoms with E-state index in [0.29, 0.717) is 22.5 Å². The Labute approximate surface area is 147 Å². The van der Waals surface area contributed by atoms with Crippen molar-refractivity contribution in [2.75, 3.05) is 20.0 Å². The molecule has 1 heterocycles. The molecule has 0 bridgehead atoms. The highest BCUT2D eigenvalue weighted by atomic mass is 19.4. The number of benzene rings is 2. The number of methoxy groups -OCH3 is 2. The van der Waals surface area contributed by atoms with Crippen LogP contribution in [0.1, 0.15) is 5.56 Å². The Morgan fingerprint density at radius 1 is 1.00 bits per heavy atom. The second-order valence-corrected chi connectivity index (χ2v) is 5.37. The zero-order valence-corrected chi connectivity index (χ0v) is 13.9. The van der Waals surface area contributed by atoms with Crippen molar-refractivity contribution in [3.8, 4) is 23.1 Å². The molecule has 0 saturated carbocycles. The van der Waals surface area contributed by atoms with E-state index in [1.165, 1.54) is 32.4 Å². The molecule has 0 radical (unpaired) electrons. The Morgan fingerprint density at radius 2 is 1.77 bits per heavy atom. The molecular formula is C18H15F3N2O3. The number of nitrogen functional groups attached to an aromatic ring is 1. The van der Waals surface area contributed by atoms with E-state index in [0.717, 1.165) is 12.1 Å². The summed E-state index contributed by atoms with van der Waals surface area (Å²) in [4.78, 5) is 4.26. The summed E-state index contributed by atoms with van der Waals surface area (Å²) in [6.07, 6.45) is -4.47. The van der Waals surface area contributed by atoms with Crippen LogP contribution < -0.4 is 19.9 Å². The SMILES string of the molecule is COc1ccc2c(Oc3cccc(C(F)(F)F)c3)c(OC)cc(N)c2n1. The van der Waals surface area contributed by atoms with Gasteiger partial charge in [-0.2, -0.15) is 13.2 Å². The van der Waals surface area contributed by atoms with E-state index in [-0.39, 0.29) is 17.2 Å². The molecule has 0 fully saturated rings. The summed E-state index contributed by atoms with van der Waals surface area (Å²) in [5.41, 5.74) is 5.91. The molecule has 0 amide bonds. The molecule has 0 aliphatic carbocycles. The van der Waals surface area contributed by atoms with E-state index in [4.69, 9.17) is 19.9 Å². The lowest BCUT2D eigenvalue weighted by Gasteiger charge is -2.16. The van der Waals surface area contributed by atoms with Crippen molar-refractivity contribution in [1.82, 2.24) is 4.98 Å². The van der Waals surface area contributed by atoms with Gasteiger partial charge in [-0.25, -0.2) is 4.98 Å². The van der Waals surface area contributed by atoms with Crippen molar-refractivity contribution in [3.05, 3.63) is 48.0 Å². The second-order valence-electron chi connectivity index (χ2n) is 5.37. The number of ether oxygens (including phenoxy) is 3. The second kappa shape index (κ2) is 6.62. The summed E-state index contributed by atoms with van der Waals surface area (Å²) in [7, 11) is 2.88. The first kappa shape index (κ1) is 17.7. The number of nitrogens with zero attached hydrogens (tertiary/aromatic N) is 1. The van der Waals surface area contributed by atoms with Crippen LogP contribution in [-0.2, 0) is 6.18 Å². The van der Waals surface area contributed by atoms with Crippen LogP contribution in [0.15, 0.2) is 42.5 Å². The molecule has 0 atom stereocenters. The van der Waals surface area contributed by atoms with Gasteiger partial charge in [0.05, 0.1) is 25.5 Å². The van der Waals surface area contributed by atoms with Gasteiger partial charge in [-0.1, -0.05) is 6.07 Å². The van der Waals surface area contributed by atoms with Gasteiger partial charge in [-0.15, -0.1) is 0 Å². The molecular weight excluding hydrogens is 349 g/mol. The fourth-order valence-electron chi connectivity index (χ4n) is 2.48. The lowest BCUT2D eigenvalue weighted by Crippen LogP contribution is -2.04. The largest absolute Gasteiger partial charge is 0.493 e. The van der Waals surface area contributed by atoms with Crippen LogP contribution in [0.4, 0.5) is 18.9 Å². The van der Waals surface area contributed by atoms with Crippen LogP contribution in [-0.4, -0.2) is 19.2 Å². The van der Waals surface area contributed by atoms with Crippen molar-refractivity contribution in [3.63, 3.8) is 0 Å². The van der Waals surface area contributed by atoms with E-state index in [1.807, 2.05) is 0 Å². The highest BCUT2D eigenvalue weighted by molar-refractivity contribution is 5.97. The molecule has 136 valence electrons. The molecule has 0 saturated heterocycles. The minimum absolute atomic E-state index is 0.0139. The first-order valence-corrected chi connectivity index (χ1v) is 7.50. The molecule has 3 rings (SSSR count). The number of rotatable bonds is 4. The molecule has 2 aromatic carbocycles. The normalized spacial score (nSPS) is 11.4. The van der Waals surface area contributed by atoms with Gasteiger partial charge >= 0.3 is 6.18 Å². The number of anilines is 1. The molecule has 26 heavy (non-hydrogen) atoms. The Bertz CT molecular complexity index is 958. The van der Waals surface area contributed by atoms with Crippen molar-refractivity contribution < 1.29 is 27.4 Å². The Hall–Kier alpha value is -3.16. The minimum Gasteiger partial charge on any atom is -0.493 e. The lowest BCUT2D eigenvalue weighted by atomic mass is 10.1. The van der Waals surface area contributed by atoms with E-state index in [2.05, 4.69) is 4.98 Å². The Balaban J connectivity index is 2.14. The maximum absolute atomic E-state index is 12.9. The van der Waals surface area contributed by atoms with Crippen molar-refractivity contribution in [1.29, 1.82) is 0 Å². The molecule has 8 heteroatoms. The number of hydrogen-bond acceptors (Lipinski definition) is 5. The van der Waals surface area contributed by atoms with Gasteiger partial charge in [0, 0.05) is 17.5 Å².